The number of hydrogen-bond acceptors (Lipinski definition) is 7. The number of piperidine rings is 1. The SMILES string of the molecule is COC(=O)c1nc(-c2cccc(Cl)c2Cl)c(C)nc1N1CCC2(CCC[C@H]2NC(=O)OC(C)(C)C)CC1. The van der Waals surface area contributed by atoms with Gasteiger partial charge in [0.15, 0.2) is 11.5 Å². The largest absolute Gasteiger partial charge is 0.464 e. The third-order valence-corrected chi connectivity index (χ3v) is 8.11. The fourth-order valence-corrected chi connectivity index (χ4v) is 5.87. The van der Waals surface area contributed by atoms with E-state index in [1.54, 1.807) is 18.2 Å². The normalized spacial score (nSPS) is 19.1. The summed E-state index contributed by atoms with van der Waals surface area (Å²) in [4.78, 5) is 36.8. The van der Waals surface area contributed by atoms with Gasteiger partial charge in [-0.15, -0.1) is 0 Å². The van der Waals surface area contributed by atoms with E-state index in [2.05, 4.69) is 15.2 Å². The highest BCUT2D eigenvalue weighted by atomic mass is 35.5. The molecule has 1 spiro atoms. The van der Waals surface area contributed by atoms with E-state index in [1.165, 1.54) is 7.11 Å². The fraction of sp³-hybridized carbons (Fsp3) is 0.556. The molecule has 0 radical (unpaired) electrons. The smallest absolute Gasteiger partial charge is 0.407 e. The standard InChI is InChI=1S/C27H34Cl2N4O4/c1-16-21(17-8-6-9-18(28)20(17)29)32-22(24(34)36-5)23(30-16)33-14-12-27(13-15-33)11-7-10-19(27)31-25(35)37-26(2,3)4/h6,8-9,19H,7,10-15H2,1-5H3,(H,31,35)/t19-/m1/s1. The minimum Gasteiger partial charge on any atom is -0.464 e. The number of rotatable bonds is 4. The van der Waals surface area contributed by atoms with E-state index < -0.39 is 11.6 Å². The lowest BCUT2D eigenvalue weighted by molar-refractivity contribution is 0.0440. The molecule has 10 heteroatoms. The lowest BCUT2D eigenvalue weighted by atomic mass is 9.74. The number of aromatic nitrogens is 2. The highest BCUT2D eigenvalue weighted by Crippen LogP contribution is 2.47. The van der Waals surface area contributed by atoms with Crippen LogP contribution in [0.15, 0.2) is 18.2 Å². The average Bonchev–Trinajstić information content (AvgIpc) is 3.20. The van der Waals surface area contributed by atoms with Crippen molar-refractivity contribution < 1.29 is 19.1 Å². The number of aryl methyl sites for hydroxylation is 1. The number of ether oxygens (including phenoxy) is 2. The Morgan fingerprint density at radius 3 is 2.49 bits per heavy atom. The van der Waals surface area contributed by atoms with Gasteiger partial charge in [-0.05, 0) is 64.9 Å². The van der Waals surface area contributed by atoms with E-state index in [-0.39, 0.29) is 23.2 Å². The van der Waals surface area contributed by atoms with Gasteiger partial charge < -0.3 is 19.7 Å². The molecule has 2 heterocycles. The van der Waals surface area contributed by atoms with Crippen LogP contribution in [0.5, 0.6) is 0 Å². The average molecular weight is 549 g/mol. The van der Waals surface area contributed by atoms with Crippen LogP contribution in [0.4, 0.5) is 10.6 Å². The molecule has 200 valence electrons. The minimum absolute atomic E-state index is 0.00441. The minimum atomic E-state index is -0.562. The summed E-state index contributed by atoms with van der Waals surface area (Å²) in [6.07, 6.45) is 4.38. The summed E-state index contributed by atoms with van der Waals surface area (Å²) in [5.41, 5.74) is 1.33. The quantitative estimate of drug-likeness (QED) is 0.454. The van der Waals surface area contributed by atoms with Crippen molar-refractivity contribution >= 4 is 41.1 Å². The zero-order chi connectivity index (χ0) is 27.0. The predicted octanol–water partition coefficient (Wildman–Crippen LogP) is 6.21. The van der Waals surface area contributed by atoms with Crippen LogP contribution in [-0.4, -0.2) is 53.9 Å². The number of amides is 1. The number of carbonyl (C=O) groups is 2. The van der Waals surface area contributed by atoms with E-state index in [1.807, 2.05) is 27.7 Å². The maximum atomic E-state index is 12.8. The van der Waals surface area contributed by atoms with Crippen LogP contribution < -0.4 is 10.2 Å². The number of hydrogen-bond donors (Lipinski definition) is 1. The molecule has 1 saturated carbocycles. The summed E-state index contributed by atoms with van der Waals surface area (Å²) >= 11 is 12.7. The molecule has 2 fully saturated rings. The van der Waals surface area contributed by atoms with Crippen LogP contribution in [0.1, 0.15) is 69.1 Å². The number of carbonyl (C=O) groups excluding carboxylic acids is 2. The van der Waals surface area contributed by atoms with Crippen LogP contribution in [0.3, 0.4) is 0 Å². The predicted molar refractivity (Wildman–Crippen MR) is 144 cm³/mol. The van der Waals surface area contributed by atoms with Gasteiger partial charge in [0.05, 0.1) is 28.5 Å². The molecule has 1 aliphatic heterocycles. The van der Waals surface area contributed by atoms with Crippen LogP contribution in [-0.2, 0) is 9.47 Å². The Bertz CT molecular complexity index is 1190. The molecule has 37 heavy (non-hydrogen) atoms. The first-order valence-corrected chi connectivity index (χ1v) is 13.4. The van der Waals surface area contributed by atoms with Gasteiger partial charge in [-0.2, -0.15) is 0 Å². The molecule has 2 aromatic rings. The molecular formula is C27H34Cl2N4O4. The Kier molecular flexibility index (Phi) is 7.91. The number of alkyl carbamates (subject to hydrolysis) is 1. The maximum absolute atomic E-state index is 12.8. The van der Waals surface area contributed by atoms with Crippen molar-refractivity contribution in [1.29, 1.82) is 0 Å². The van der Waals surface area contributed by atoms with Gasteiger partial charge in [-0.1, -0.05) is 41.8 Å². The molecule has 2 aliphatic rings. The summed E-state index contributed by atoms with van der Waals surface area (Å²) in [6.45, 7) is 8.80. The first-order chi connectivity index (χ1) is 17.4. The van der Waals surface area contributed by atoms with Crippen LogP contribution in [0.25, 0.3) is 11.3 Å². The highest BCUT2D eigenvalue weighted by molar-refractivity contribution is 6.43. The molecule has 1 amide bonds. The van der Waals surface area contributed by atoms with Gasteiger partial charge in [0.25, 0.3) is 0 Å². The monoisotopic (exact) mass is 548 g/mol. The number of halogens is 2. The second kappa shape index (κ2) is 10.7. The summed E-state index contributed by atoms with van der Waals surface area (Å²) in [5.74, 6) is -0.0664. The fourth-order valence-electron chi connectivity index (χ4n) is 5.48. The molecule has 1 atom stereocenters. The summed E-state index contributed by atoms with van der Waals surface area (Å²) in [5, 5.41) is 3.88. The van der Waals surface area contributed by atoms with Crippen molar-refractivity contribution in [1.82, 2.24) is 15.3 Å². The Morgan fingerprint density at radius 1 is 1.14 bits per heavy atom. The number of nitrogens with zero attached hydrogens (tertiary/aromatic N) is 3. The summed E-state index contributed by atoms with van der Waals surface area (Å²) in [7, 11) is 1.33. The van der Waals surface area contributed by atoms with E-state index in [0.29, 0.717) is 45.9 Å². The van der Waals surface area contributed by atoms with Crippen molar-refractivity contribution in [3.05, 3.63) is 39.6 Å². The van der Waals surface area contributed by atoms with Gasteiger partial charge in [-0.25, -0.2) is 19.6 Å². The lowest BCUT2D eigenvalue weighted by Gasteiger charge is -2.44. The van der Waals surface area contributed by atoms with Crippen LogP contribution in [0, 0.1) is 12.3 Å². The van der Waals surface area contributed by atoms with E-state index in [4.69, 9.17) is 37.7 Å². The molecule has 1 saturated heterocycles. The van der Waals surface area contributed by atoms with Crippen molar-refractivity contribution in [2.24, 2.45) is 5.41 Å². The number of nitrogens with one attached hydrogen (secondary N) is 1. The Hall–Kier alpha value is -2.58. The molecular weight excluding hydrogens is 515 g/mol. The molecule has 1 N–H and O–H groups in total. The zero-order valence-corrected chi connectivity index (χ0v) is 23.5. The van der Waals surface area contributed by atoms with Crippen LogP contribution in [0.2, 0.25) is 10.0 Å². The van der Waals surface area contributed by atoms with Gasteiger partial charge in [0, 0.05) is 24.7 Å². The van der Waals surface area contributed by atoms with Crippen LogP contribution >= 0.6 is 23.2 Å². The van der Waals surface area contributed by atoms with Crippen molar-refractivity contribution in [2.75, 3.05) is 25.1 Å². The highest BCUT2D eigenvalue weighted by Gasteiger charge is 2.46. The number of benzene rings is 1. The van der Waals surface area contributed by atoms with E-state index >= 15 is 0 Å². The molecule has 1 aromatic heterocycles. The first-order valence-electron chi connectivity index (χ1n) is 12.6. The number of anilines is 1. The molecule has 1 aromatic carbocycles. The third-order valence-electron chi connectivity index (χ3n) is 7.29. The Balaban J connectivity index is 1.58. The molecule has 0 unspecified atom stereocenters. The topological polar surface area (TPSA) is 93.6 Å². The molecule has 0 bridgehead atoms. The van der Waals surface area contributed by atoms with Gasteiger partial charge >= 0.3 is 12.1 Å². The van der Waals surface area contributed by atoms with Crippen molar-refractivity contribution in [3.8, 4) is 11.3 Å². The maximum Gasteiger partial charge on any atom is 0.407 e. The van der Waals surface area contributed by atoms with E-state index in [0.717, 1.165) is 32.1 Å². The van der Waals surface area contributed by atoms with Gasteiger partial charge in [0.2, 0.25) is 0 Å². The Morgan fingerprint density at radius 2 is 1.84 bits per heavy atom. The first kappa shape index (κ1) is 27.5. The van der Waals surface area contributed by atoms with Gasteiger partial charge in [-0.3, -0.25) is 0 Å². The van der Waals surface area contributed by atoms with Gasteiger partial charge in [0.1, 0.15) is 5.60 Å². The second-order valence-corrected chi connectivity index (χ2v) is 11.6. The summed E-state index contributed by atoms with van der Waals surface area (Å²) < 4.78 is 10.6. The lowest BCUT2D eigenvalue weighted by Crippen LogP contribution is -2.51. The van der Waals surface area contributed by atoms with Crippen molar-refractivity contribution in [3.63, 3.8) is 0 Å². The Labute approximate surface area is 228 Å². The van der Waals surface area contributed by atoms with Crippen molar-refractivity contribution in [2.45, 2.75) is 71.4 Å². The zero-order valence-electron chi connectivity index (χ0n) is 22.0. The number of methoxy groups -OCH3 is 1. The molecule has 4 rings (SSSR count). The summed E-state index contributed by atoms with van der Waals surface area (Å²) in [6, 6.07) is 5.34. The van der Waals surface area contributed by atoms with E-state index in [9.17, 15) is 9.59 Å². The second-order valence-electron chi connectivity index (χ2n) is 10.9. The molecule has 1 aliphatic carbocycles. The molecule has 8 nitrogen and oxygen atoms in total. The number of esters is 1. The third kappa shape index (κ3) is 5.80.